The summed E-state index contributed by atoms with van der Waals surface area (Å²) in [5.74, 6) is 1.48. The Balaban J connectivity index is 1.44. The summed E-state index contributed by atoms with van der Waals surface area (Å²) in [7, 11) is 1.96. The summed E-state index contributed by atoms with van der Waals surface area (Å²) in [4.78, 5) is 31.3. The summed E-state index contributed by atoms with van der Waals surface area (Å²) in [6.45, 7) is 9.40. The fraction of sp³-hybridized carbons (Fsp3) is 0.636. The van der Waals surface area contributed by atoms with Gasteiger partial charge in [-0.15, -0.1) is 0 Å². The Hall–Kier alpha value is -2.60. The van der Waals surface area contributed by atoms with Crippen molar-refractivity contribution in [1.29, 1.82) is 0 Å². The van der Waals surface area contributed by atoms with Crippen LogP contribution >= 0.6 is 0 Å². The van der Waals surface area contributed by atoms with E-state index in [-0.39, 0.29) is 28.3 Å². The number of phenolic OH excluding ortho intramolecular Hbond substituents is 1. The van der Waals surface area contributed by atoms with Gasteiger partial charge in [0.15, 0.2) is 0 Å². The number of aromatic hydroxyl groups is 1. The van der Waals surface area contributed by atoms with Crippen molar-refractivity contribution >= 4 is 5.91 Å². The molecule has 1 aliphatic heterocycles. The van der Waals surface area contributed by atoms with Crippen molar-refractivity contribution in [1.82, 2.24) is 14.4 Å². The highest BCUT2D eigenvalue weighted by Gasteiger charge is 2.69. The standard InChI is InChI=1S/C33H45N3O3/c1-5-24-12-13-25(37)20-27(24)33-18-19-35(21-23-10-11-23)22(3)32(33)16-14-26(33)28(15-17-32)34(4)31(39)29-8-7-9-30(38)36(29)6-2/h7-9,12-13,20,22-23,26,28,37H,5-6,10-11,14-19,21H2,1-4H3. The lowest BCUT2D eigenvalue weighted by Crippen LogP contribution is -2.67. The molecular weight excluding hydrogens is 486 g/mol. The molecule has 210 valence electrons. The molecule has 2 aromatic rings. The minimum absolute atomic E-state index is 0.0556. The van der Waals surface area contributed by atoms with E-state index in [4.69, 9.17) is 0 Å². The third-order valence-corrected chi connectivity index (χ3v) is 11.5. The maximum absolute atomic E-state index is 14.0. The molecule has 3 saturated carbocycles. The molecule has 6 nitrogen and oxygen atoms in total. The predicted molar refractivity (Wildman–Crippen MR) is 154 cm³/mol. The summed E-state index contributed by atoms with van der Waals surface area (Å²) < 4.78 is 1.60. The molecular formula is C33H45N3O3. The summed E-state index contributed by atoms with van der Waals surface area (Å²) in [5.41, 5.74) is 3.10. The number of carbonyl (C=O) groups excluding carboxylic acids is 1. The van der Waals surface area contributed by atoms with Crippen molar-refractivity contribution < 1.29 is 9.90 Å². The van der Waals surface area contributed by atoms with Crippen LogP contribution in [0.15, 0.2) is 41.2 Å². The van der Waals surface area contributed by atoms with Crippen molar-refractivity contribution in [3.63, 3.8) is 0 Å². The Morgan fingerprint density at radius 2 is 1.85 bits per heavy atom. The molecule has 1 N–H and O–H groups in total. The quantitative estimate of drug-likeness (QED) is 0.533. The molecule has 6 heteroatoms. The highest BCUT2D eigenvalue weighted by molar-refractivity contribution is 5.92. The van der Waals surface area contributed by atoms with Gasteiger partial charge < -0.3 is 14.6 Å². The number of aromatic nitrogens is 1. The number of carbonyl (C=O) groups is 1. The number of likely N-dealkylation sites (tertiary alicyclic amines) is 1. The second-order valence-electron chi connectivity index (χ2n) is 12.8. The van der Waals surface area contributed by atoms with E-state index in [1.165, 1.54) is 43.0 Å². The fourth-order valence-corrected chi connectivity index (χ4v) is 9.42. The highest BCUT2D eigenvalue weighted by Crippen LogP contribution is 2.70. The zero-order valence-corrected chi connectivity index (χ0v) is 24.2. The molecule has 0 radical (unpaired) electrons. The Bertz CT molecular complexity index is 1320. The number of amides is 1. The van der Waals surface area contributed by atoms with Gasteiger partial charge in [0, 0.05) is 43.7 Å². The monoisotopic (exact) mass is 531 g/mol. The first-order valence-electron chi connectivity index (χ1n) is 15.3. The van der Waals surface area contributed by atoms with Crippen molar-refractivity contribution in [2.24, 2.45) is 17.3 Å². The maximum Gasteiger partial charge on any atom is 0.270 e. The number of phenols is 1. The number of rotatable bonds is 7. The maximum atomic E-state index is 14.0. The number of pyridine rings is 1. The third kappa shape index (κ3) is 3.92. The van der Waals surface area contributed by atoms with Crippen molar-refractivity contribution in [3.05, 3.63) is 63.6 Å². The van der Waals surface area contributed by atoms with E-state index in [9.17, 15) is 14.7 Å². The topological polar surface area (TPSA) is 65.8 Å². The van der Waals surface area contributed by atoms with Crippen molar-refractivity contribution in [3.8, 4) is 5.75 Å². The molecule has 0 spiro atoms. The first-order chi connectivity index (χ1) is 18.8. The minimum Gasteiger partial charge on any atom is -0.508 e. The first kappa shape index (κ1) is 26.6. The largest absolute Gasteiger partial charge is 0.508 e. The average Bonchev–Trinajstić information content (AvgIpc) is 3.73. The molecule has 4 aliphatic rings. The van der Waals surface area contributed by atoms with Gasteiger partial charge in [0.25, 0.3) is 11.5 Å². The number of hydrogen-bond acceptors (Lipinski definition) is 4. The number of benzene rings is 1. The highest BCUT2D eigenvalue weighted by atomic mass is 16.3. The van der Waals surface area contributed by atoms with Crippen LogP contribution in [0.25, 0.3) is 0 Å². The van der Waals surface area contributed by atoms with E-state index in [0.29, 0.717) is 29.9 Å². The molecule has 1 amide bonds. The number of hydrogen-bond donors (Lipinski definition) is 1. The van der Waals surface area contributed by atoms with Gasteiger partial charge in [-0.05, 0) is 118 Å². The SMILES string of the molecule is CCc1ccc(O)cc1C12CCN(CC3CC3)C(C)C13CCC(N(C)C(=O)c1cccc(=O)n1CC)C2CC3. The molecule has 3 aliphatic carbocycles. The number of piperidine rings is 1. The number of aryl methyl sites for hydroxylation is 1. The van der Waals surface area contributed by atoms with E-state index in [1.807, 2.05) is 24.9 Å². The molecule has 2 bridgehead atoms. The van der Waals surface area contributed by atoms with Gasteiger partial charge in [-0.2, -0.15) is 0 Å². The molecule has 5 atom stereocenters. The fourth-order valence-electron chi connectivity index (χ4n) is 9.42. The van der Waals surface area contributed by atoms with Gasteiger partial charge in [0.05, 0.1) is 0 Å². The summed E-state index contributed by atoms with van der Waals surface area (Å²) in [6, 6.07) is 11.7. The lowest BCUT2D eigenvalue weighted by Gasteiger charge is -2.64. The van der Waals surface area contributed by atoms with Crippen LogP contribution < -0.4 is 5.56 Å². The van der Waals surface area contributed by atoms with Crippen LogP contribution in [-0.4, -0.2) is 57.6 Å². The second-order valence-corrected chi connectivity index (χ2v) is 12.8. The van der Waals surface area contributed by atoms with Gasteiger partial charge in [-0.25, -0.2) is 0 Å². The normalized spacial score (nSPS) is 32.2. The van der Waals surface area contributed by atoms with Crippen LogP contribution in [-0.2, 0) is 18.4 Å². The first-order valence-corrected chi connectivity index (χ1v) is 15.3. The molecule has 39 heavy (non-hydrogen) atoms. The van der Waals surface area contributed by atoms with Crippen molar-refractivity contribution in [2.45, 2.75) is 96.2 Å². The van der Waals surface area contributed by atoms with E-state index in [0.717, 1.165) is 44.6 Å². The summed E-state index contributed by atoms with van der Waals surface area (Å²) in [6.07, 6.45) is 9.09. The molecule has 6 rings (SSSR count). The van der Waals surface area contributed by atoms with Gasteiger partial charge in [-0.1, -0.05) is 19.1 Å². The van der Waals surface area contributed by atoms with Gasteiger partial charge in [0.2, 0.25) is 0 Å². The Kier molecular flexibility index (Phi) is 6.68. The number of nitrogens with zero attached hydrogens (tertiary/aromatic N) is 3. The van der Waals surface area contributed by atoms with E-state index in [1.54, 1.807) is 16.7 Å². The van der Waals surface area contributed by atoms with Gasteiger partial charge in [-0.3, -0.25) is 14.5 Å². The lowest BCUT2D eigenvalue weighted by atomic mass is 9.46. The lowest BCUT2D eigenvalue weighted by molar-refractivity contribution is -0.0893. The van der Waals surface area contributed by atoms with Crippen molar-refractivity contribution in [2.75, 3.05) is 20.1 Å². The molecule has 5 unspecified atom stereocenters. The molecule has 2 heterocycles. The zero-order chi connectivity index (χ0) is 27.5. The molecule has 1 saturated heterocycles. The summed E-state index contributed by atoms with van der Waals surface area (Å²) in [5, 5.41) is 10.8. The van der Waals surface area contributed by atoms with Crippen LogP contribution in [0.1, 0.15) is 87.3 Å². The smallest absolute Gasteiger partial charge is 0.270 e. The molecule has 4 fully saturated rings. The Morgan fingerprint density at radius 1 is 1.08 bits per heavy atom. The van der Waals surface area contributed by atoms with Crippen LogP contribution in [0, 0.1) is 17.3 Å². The van der Waals surface area contributed by atoms with Gasteiger partial charge in [0.1, 0.15) is 11.4 Å². The summed E-state index contributed by atoms with van der Waals surface area (Å²) >= 11 is 0. The van der Waals surface area contributed by atoms with Crippen LogP contribution in [0.4, 0.5) is 0 Å². The Labute approximate surface area is 233 Å². The van der Waals surface area contributed by atoms with Crippen LogP contribution in [0.2, 0.25) is 0 Å². The zero-order valence-electron chi connectivity index (χ0n) is 24.2. The Morgan fingerprint density at radius 3 is 2.56 bits per heavy atom. The van der Waals surface area contributed by atoms with E-state index >= 15 is 0 Å². The van der Waals surface area contributed by atoms with E-state index < -0.39 is 0 Å². The predicted octanol–water partition coefficient (Wildman–Crippen LogP) is 5.21. The minimum atomic E-state index is -0.124. The third-order valence-electron chi connectivity index (χ3n) is 11.5. The van der Waals surface area contributed by atoms with E-state index in [2.05, 4.69) is 30.9 Å². The van der Waals surface area contributed by atoms with Crippen LogP contribution in [0.3, 0.4) is 0 Å². The molecule has 1 aromatic carbocycles. The van der Waals surface area contributed by atoms with Gasteiger partial charge >= 0.3 is 0 Å². The van der Waals surface area contributed by atoms with Crippen LogP contribution in [0.5, 0.6) is 5.75 Å². The second kappa shape index (κ2) is 9.79. The average molecular weight is 532 g/mol. The molecule has 1 aromatic heterocycles.